The lowest BCUT2D eigenvalue weighted by Gasteiger charge is -2.47. The molecule has 5 aliphatic heterocycles. The number of carbonyl (C=O) groups is 4. The first-order valence-electron chi connectivity index (χ1n) is 23.7. The molecule has 1 saturated carbocycles. The Morgan fingerprint density at radius 1 is 0.818 bits per heavy atom. The van der Waals surface area contributed by atoms with Crippen molar-refractivity contribution in [1.29, 1.82) is 0 Å². The monoisotopic (exact) mass is 941 g/mol. The summed E-state index contributed by atoms with van der Waals surface area (Å²) >= 11 is 12.9. The molecule has 2 spiro atoms. The van der Waals surface area contributed by atoms with E-state index in [1.54, 1.807) is 35.9 Å². The first-order valence-corrected chi connectivity index (χ1v) is 24.5. The Balaban J connectivity index is 0.735. The fraction of sp³-hybridized carbons (Fsp3) is 0.531. The van der Waals surface area contributed by atoms with Crippen LogP contribution in [0.2, 0.25) is 10.0 Å². The quantitative estimate of drug-likeness (QED) is 0.164. The molecule has 350 valence electrons. The van der Waals surface area contributed by atoms with Crippen LogP contribution in [0.4, 0.5) is 10.1 Å². The number of halogens is 3. The Morgan fingerprint density at radius 2 is 1.53 bits per heavy atom. The first kappa shape index (κ1) is 45.2. The maximum absolute atomic E-state index is 16.3. The van der Waals surface area contributed by atoms with Crippen LogP contribution < -0.4 is 27.0 Å². The van der Waals surface area contributed by atoms with E-state index in [-0.39, 0.29) is 46.5 Å². The van der Waals surface area contributed by atoms with Gasteiger partial charge in [0.2, 0.25) is 23.6 Å². The van der Waals surface area contributed by atoms with Crippen LogP contribution in [0.5, 0.6) is 0 Å². The van der Waals surface area contributed by atoms with E-state index in [0.29, 0.717) is 35.5 Å². The number of fused-ring (bicyclic) bond motifs is 4. The van der Waals surface area contributed by atoms with Gasteiger partial charge in [0.25, 0.3) is 0 Å². The lowest BCUT2D eigenvalue weighted by atomic mass is 9.55. The zero-order valence-electron chi connectivity index (χ0n) is 37.4. The second-order valence-electron chi connectivity index (χ2n) is 19.4. The molecule has 4 N–H and O–H groups in total. The number of benzene rings is 3. The molecule has 6 aliphatic rings. The molecule has 5 fully saturated rings. The molecule has 17 heteroatoms. The molecular formula is C49H58Cl2FN9O5. The van der Waals surface area contributed by atoms with Crippen molar-refractivity contribution in [3.63, 3.8) is 0 Å². The fourth-order valence-electron chi connectivity index (χ4n) is 12.4. The predicted molar refractivity (Wildman–Crippen MR) is 251 cm³/mol. The van der Waals surface area contributed by atoms with Crippen molar-refractivity contribution in [3.8, 4) is 0 Å². The van der Waals surface area contributed by atoms with Gasteiger partial charge in [0.15, 0.2) is 0 Å². The summed E-state index contributed by atoms with van der Waals surface area (Å²) in [6.07, 6.45) is 7.08. The maximum Gasteiger partial charge on any atom is 0.329 e. The van der Waals surface area contributed by atoms with E-state index in [1.165, 1.54) is 10.6 Å². The number of imide groups is 1. The van der Waals surface area contributed by atoms with Gasteiger partial charge < -0.3 is 20.4 Å². The van der Waals surface area contributed by atoms with Crippen LogP contribution in [0.1, 0.15) is 86.4 Å². The number of nitrogens with one attached hydrogen (secondary N) is 4. The molecule has 1 aromatic heterocycles. The SMILES string of the molecule is Cn1c(=O)n(C2CCC(=O)NC2=O)c2ccc(CCN3CCN(CCN4CCC(NC(=O)[C@@H]5NC6(CCCCC6)[C@@]6(C(=O)Nc7cc(Cl)ccc76)[C@H]5c5cccc(Cl)c5F)CC4)CC3)cc21. The van der Waals surface area contributed by atoms with Crippen molar-refractivity contribution in [2.75, 3.05) is 64.2 Å². The molecule has 6 heterocycles. The van der Waals surface area contributed by atoms with Crippen LogP contribution in [0.3, 0.4) is 0 Å². The van der Waals surface area contributed by atoms with Crippen LogP contribution in [-0.4, -0.2) is 124 Å². The van der Waals surface area contributed by atoms with Crippen LogP contribution in [-0.2, 0) is 38.1 Å². The molecule has 1 aliphatic carbocycles. The van der Waals surface area contributed by atoms with Crippen molar-refractivity contribution in [1.82, 2.24) is 39.8 Å². The minimum Gasteiger partial charge on any atom is -0.352 e. The highest BCUT2D eigenvalue weighted by molar-refractivity contribution is 6.31. The Bertz CT molecular complexity index is 2630. The molecule has 1 unspecified atom stereocenters. The van der Waals surface area contributed by atoms with Gasteiger partial charge in [-0.15, -0.1) is 0 Å². The molecule has 66 heavy (non-hydrogen) atoms. The van der Waals surface area contributed by atoms with Gasteiger partial charge in [0.1, 0.15) is 17.3 Å². The number of imidazole rings is 1. The van der Waals surface area contributed by atoms with Gasteiger partial charge in [-0.25, -0.2) is 9.18 Å². The first-order chi connectivity index (χ1) is 31.9. The van der Waals surface area contributed by atoms with E-state index in [1.807, 2.05) is 24.3 Å². The minimum atomic E-state index is -1.26. The third kappa shape index (κ3) is 7.86. The van der Waals surface area contributed by atoms with Crippen molar-refractivity contribution < 1.29 is 23.6 Å². The van der Waals surface area contributed by atoms with Crippen LogP contribution in [0.15, 0.2) is 59.4 Å². The largest absolute Gasteiger partial charge is 0.352 e. The number of anilines is 1. The van der Waals surface area contributed by atoms with Crippen molar-refractivity contribution in [2.24, 2.45) is 7.05 Å². The minimum absolute atomic E-state index is 0.0428. The van der Waals surface area contributed by atoms with Crippen molar-refractivity contribution in [2.45, 2.75) is 99.2 Å². The zero-order chi connectivity index (χ0) is 45.9. The lowest BCUT2D eigenvalue weighted by molar-refractivity contribution is -0.136. The molecule has 4 aromatic rings. The molecule has 0 bridgehead atoms. The third-order valence-electron chi connectivity index (χ3n) is 15.8. The number of nitrogens with zero attached hydrogens (tertiary/aromatic N) is 5. The summed E-state index contributed by atoms with van der Waals surface area (Å²) < 4.78 is 19.4. The molecule has 4 atom stereocenters. The number of likely N-dealkylation sites (tertiary alicyclic amines) is 1. The fourth-order valence-corrected chi connectivity index (χ4v) is 12.8. The van der Waals surface area contributed by atoms with Gasteiger partial charge in [0.05, 0.1) is 22.1 Å². The van der Waals surface area contributed by atoms with E-state index in [4.69, 9.17) is 23.2 Å². The van der Waals surface area contributed by atoms with Crippen molar-refractivity contribution >= 4 is 63.6 Å². The van der Waals surface area contributed by atoms with Gasteiger partial charge in [-0.2, -0.15) is 0 Å². The molecule has 4 saturated heterocycles. The van der Waals surface area contributed by atoms with Crippen molar-refractivity contribution in [3.05, 3.63) is 97.6 Å². The number of carbonyl (C=O) groups excluding carboxylic acids is 4. The van der Waals surface area contributed by atoms with E-state index < -0.39 is 40.7 Å². The lowest BCUT2D eigenvalue weighted by Crippen LogP contribution is -2.60. The van der Waals surface area contributed by atoms with Gasteiger partial charge >= 0.3 is 5.69 Å². The number of hydrogen-bond donors (Lipinski definition) is 4. The van der Waals surface area contributed by atoms with Gasteiger partial charge in [-0.3, -0.25) is 43.8 Å². The Morgan fingerprint density at radius 3 is 2.26 bits per heavy atom. The number of piperazine rings is 1. The number of aryl methyl sites for hydroxylation is 1. The average molecular weight is 943 g/mol. The average Bonchev–Trinajstić information content (AvgIpc) is 3.86. The second kappa shape index (κ2) is 18.1. The topological polar surface area (TPSA) is 153 Å². The normalized spacial score (nSPS) is 26.3. The van der Waals surface area contributed by atoms with Gasteiger partial charge in [-0.05, 0) is 85.5 Å². The predicted octanol–water partition coefficient (Wildman–Crippen LogP) is 4.85. The van der Waals surface area contributed by atoms with E-state index in [2.05, 4.69) is 36.0 Å². The molecular weight excluding hydrogens is 885 g/mol. The number of hydrogen-bond acceptors (Lipinski definition) is 9. The summed E-state index contributed by atoms with van der Waals surface area (Å²) in [6, 6.07) is 14.7. The number of rotatable bonds is 10. The van der Waals surface area contributed by atoms with Gasteiger partial charge in [0, 0.05) is 101 Å². The maximum atomic E-state index is 16.3. The Hall–Kier alpha value is -4.64. The molecule has 14 nitrogen and oxygen atoms in total. The number of aromatic nitrogens is 2. The van der Waals surface area contributed by atoms with Gasteiger partial charge in [-0.1, -0.05) is 66.7 Å². The zero-order valence-corrected chi connectivity index (χ0v) is 38.9. The summed E-state index contributed by atoms with van der Waals surface area (Å²) in [7, 11) is 1.72. The third-order valence-corrected chi connectivity index (χ3v) is 16.4. The summed E-state index contributed by atoms with van der Waals surface area (Å²) in [5.74, 6) is -2.66. The number of piperidine rings is 2. The van der Waals surface area contributed by atoms with E-state index in [9.17, 15) is 24.0 Å². The highest BCUT2D eigenvalue weighted by Crippen LogP contribution is 2.62. The summed E-state index contributed by atoms with van der Waals surface area (Å²) in [6.45, 7) is 8.44. The smallest absolute Gasteiger partial charge is 0.329 e. The van der Waals surface area contributed by atoms with Crippen LogP contribution in [0.25, 0.3) is 11.0 Å². The standard InChI is InChI=1S/C49H58Cl2FN9O5/c1-57-39-28-30(8-11-37(39)61(47(57)66)38-12-13-40(62)55-44(38)63)14-19-59-23-26-60(27-24-59)25-22-58-20-15-32(16-21-58)53-45(64)43-41(33-6-5-7-35(51)42(33)52)49(48(56-43)17-3-2-4-18-48)34-10-9-31(50)29-36(34)54-46(49)65/h5-11,28-29,32,38,41,43,56H,2-4,12-27H2,1H3,(H,53,64)(H,54,65)(H,55,62,63)/t38?,41-,43+,49+/m0/s1. The molecule has 3 aromatic carbocycles. The number of amides is 4. The highest BCUT2D eigenvalue weighted by Gasteiger charge is 2.72. The molecule has 0 radical (unpaired) electrons. The highest BCUT2D eigenvalue weighted by atomic mass is 35.5. The summed E-state index contributed by atoms with van der Waals surface area (Å²) in [5, 5.41) is 13.0. The Kier molecular flexibility index (Phi) is 12.4. The summed E-state index contributed by atoms with van der Waals surface area (Å²) in [4.78, 5) is 74.4. The van der Waals surface area contributed by atoms with Crippen LogP contribution in [0, 0.1) is 5.82 Å². The molecule has 10 rings (SSSR count). The Labute approximate surface area is 393 Å². The van der Waals surface area contributed by atoms with E-state index >= 15 is 4.39 Å². The van der Waals surface area contributed by atoms with Crippen LogP contribution >= 0.6 is 23.2 Å². The second-order valence-corrected chi connectivity index (χ2v) is 20.2. The summed E-state index contributed by atoms with van der Waals surface area (Å²) in [5.41, 5.74) is 1.91. The molecule has 4 amide bonds. The van der Waals surface area contributed by atoms with E-state index in [0.717, 1.165) is 114 Å².